The molecule has 0 radical (unpaired) electrons. The zero-order valence-corrected chi connectivity index (χ0v) is 11.4. The molecule has 0 bridgehead atoms. The lowest BCUT2D eigenvalue weighted by Crippen LogP contribution is -2.28. The number of halogens is 1. The van der Waals surface area contributed by atoms with Gasteiger partial charge in [0, 0.05) is 25.6 Å². The van der Waals surface area contributed by atoms with Crippen LogP contribution in [-0.4, -0.2) is 37.8 Å². The molecule has 6 heteroatoms. The lowest BCUT2D eigenvalue weighted by Gasteiger charge is -2.13. The van der Waals surface area contributed by atoms with Crippen LogP contribution in [0, 0.1) is 5.92 Å². The highest BCUT2D eigenvalue weighted by molar-refractivity contribution is 5.85. The molecule has 1 unspecified atom stereocenters. The summed E-state index contributed by atoms with van der Waals surface area (Å²) < 4.78 is 11.1. The Labute approximate surface area is 118 Å². The number of nitrogens with zero attached hydrogens (tertiary/aromatic N) is 1. The molecule has 3 rings (SSSR count). The van der Waals surface area contributed by atoms with Crippen LogP contribution in [0.15, 0.2) is 28.7 Å². The van der Waals surface area contributed by atoms with Gasteiger partial charge >= 0.3 is 0 Å². The lowest BCUT2D eigenvalue weighted by atomic mass is 10.1. The number of para-hydroxylation sites is 2. The first-order valence-electron chi connectivity index (χ1n) is 6.30. The van der Waals surface area contributed by atoms with E-state index in [0.29, 0.717) is 11.9 Å². The molecule has 1 atom stereocenters. The summed E-state index contributed by atoms with van der Waals surface area (Å²) in [6.07, 6.45) is 0. The first-order chi connectivity index (χ1) is 8.92. The summed E-state index contributed by atoms with van der Waals surface area (Å²) >= 11 is 0. The van der Waals surface area contributed by atoms with Crippen LogP contribution in [0.1, 0.15) is 0 Å². The van der Waals surface area contributed by atoms with Crippen LogP contribution in [0.5, 0.6) is 0 Å². The van der Waals surface area contributed by atoms with E-state index in [1.54, 1.807) is 0 Å². The van der Waals surface area contributed by atoms with Crippen molar-refractivity contribution in [2.24, 2.45) is 5.92 Å². The van der Waals surface area contributed by atoms with Crippen molar-refractivity contribution in [1.29, 1.82) is 0 Å². The molecular weight excluding hydrogens is 266 g/mol. The van der Waals surface area contributed by atoms with Gasteiger partial charge in [-0.15, -0.1) is 12.4 Å². The number of hydrogen-bond acceptors (Lipinski definition) is 5. The van der Waals surface area contributed by atoms with Crippen LogP contribution in [0.3, 0.4) is 0 Å². The molecule has 5 nitrogen and oxygen atoms in total. The summed E-state index contributed by atoms with van der Waals surface area (Å²) in [6, 6.07) is 8.35. The van der Waals surface area contributed by atoms with Crippen LogP contribution in [-0.2, 0) is 4.74 Å². The van der Waals surface area contributed by atoms with Crippen LogP contribution in [0.2, 0.25) is 0 Å². The van der Waals surface area contributed by atoms with Crippen LogP contribution >= 0.6 is 12.4 Å². The van der Waals surface area contributed by atoms with Gasteiger partial charge in [-0.1, -0.05) is 12.1 Å². The topological polar surface area (TPSA) is 59.3 Å². The summed E-state index contributed by atoms with van der Waals surface area (Å²) in [5.41, 5.74) is 1.70. The average molecular weight is 284 g/mol. The lowest BCUT2D eigenvalue weighted by molar-refractivity contribution is 0.127. The molecule has 1 aromatic heterocycles. The Morgan fingerprint density at radius 1 is 1.37 bits per heavy atom. The first kappa shape index (κ1) is 14.1. The van der Waals surface area contributed by atoms with E-state index < -0.39 is 0 Å². The number of rotatable bonds is 3. The van der Waals surface area contributed by atoms with Crippen molar-refractivity contribution in [1.82, 2.24) is 10.3 Å². The molecule has 0 saturated carbocycles. The van der Waals surface area contributed by atoms with Crippen molar-refractivity contribution >= 4 is 29.5 Å². The fourth-order valence-corrected chi connectivity index (χ4v) is 2.07. The van der Waals surface area contributed by atoms with E-state index in [1.807, 2.05) is 24.3 Å². The summed E-state index contributed by atoms with van der Waals surface area (Å²) in [4.78, 5) is 4.38. The second-order valence-corrected chi connectivity index (χ2v) is 4.51. The number of hydrogen-bond donors (Lipinski definition) is 2. The monoisotopic (exact) mass is 283 g/mol. The van der Waals surface area contributed by atoms with E-state index in [4.69, 9.17) is 9.15 Å². The second kappa shape index (κ2) is 6.75. The Morgan fingerprint density at radius 2 is 2.26 bits per heavy atom. The van der Waals surface area contributed by atoms with E-state index in [1.165, 1.54) is 0 Å². The summed E-state index contributed by atoms with van der Waals surface area (Å²) in [5, 5.41) is 6.58. The normalized spacial score (nSPS) is 19.7. The van der Waals surface area contributed by atoms with Crippen molar-refractivity contribution in [3.05, 3.63) is 24.3 Å². The molecule has 2 heterocycles. The van der Waals surface area contributed by atoms with E-state index in [9.17, 15) is 0 Å². The highest BCUT2D eigenvalue weighted by Crippen LogP contribution is 2.18. The molecule has 0 aliphatic carbocycles. The fraction of sp³-hybridized carbons (Fsp3) is 0.462. The Balaban J connectivity index is 0.00000133. The van der Waals surface area contributed by atoms with Gasteiger partial charge in [-0.05, 0) is 12.1 Å². The summed E-state index contributed by atoms with van der Waals surface area (Å²) in [5.74, 6) is 0.447. The maximum Gasteiger partial charge on any atom is 0.295 e. The van der Waals surface area contributed by atoms with Crippen molar-refractivity contribution in [2.75, 3.05) is 38.2 Å². The number of fused-ring (bicyclic) bond motifs is 1. The number of nitrogens with one attached hydrogen (secondary N) is 2. The van der Waals surface area contributed by atoms with Crippen LogP contribution in [0.4, 0.5) is 6.01 Å². The number of aromatic nitrogens is 1. The van der Waals surface area contributed by atoms with Gasteiger partial charge in [0.2, 0.25) is 0 Å². The molecule has 2 aromatic rings. The summed E-state index contributed by atoms with van der Waals surface area (Å²) in [6.45, 7) is 4.27. The predicted octanol–water partition coefficient (Wildman–Crippen LogP) is 1.90. The molecule has 1 aliphatic heterocycles. The van der Waals surface area contributed by atoms with Crippen molar-refractivity contribution in [3.63, 3.8) is 0 Å². The molecular formula is C13H18ClN3O2. The molecule has 2 N–H and O–H groups in total. The molecule has 104 valence electrons. The largest absolute Gasteiger partial charge is 0.424 e. The minimum Gasteiger partial charge on any atom is -0.424 e. The van der Waals surface area contributed by atoms with E-state index >= 15 is 0 Å². The minimum absolute atomic E-state index is 0. The van der Waals surface area contributed by atoms with Crippen molar-refractivity contribution < 1.29 is 9.15 Å². The Bertz CT molecular complexity index is 476. The standard InChI is InChI=1S/C13H17N3O2.ClH/c1-2-4-12-11(3-1)16-13(18-12)15-8-10-7-14-5-6-17-9-10;/h1-4,10,14H,5-9H2,(H,15,16);1H. The first-order valence-corrected chi connectivity index (χ1v) is 6.30. The molecule has 1 aromatic carbocycles. The van der Waals surface area contributed by atoms with E-state index in [-0.39, 0.29) is 12.4 Å². The van der Waals surface area contributed by atoms with Crippen LogP contribution in [0.25, 0.3) is 11.1 Å². The molecule has 19 heavy (non-hydrogen) atoms. The highest BCUT2D eigenvalue weighted by atomic mass is 35.5. The molecule has 1 aliphatic rings. The quantitative estimate of drug-likeness (QED) is 0.901. The maximum absolute atomic E-state index is 5.61. The van der Waals surface area contributed by atoms with Gasteiger partial charge in [0.1, 0.15) is 5.52 Å². The van der Waals surface area contributed by atoms with E-state index in [2.05, 4.69) is 15.6 Å². The molecule has 1 fully saturated rings. The fourth-order valence-electron chi connectivity index (χ4n) is 2.07. The van der Waals surface area contributed by atoms with E-state index in [0.717, 1.165) is 43.9 Å². The zero-order valence-electron chi connectivity index (χ0n) is 10.6. The van der Waals surface area contributed by atoms with Gasteiger partial charge in [0.25, 0.3) is 6.01 Å². The Kier molecular flexibility index (Phi) is 5.01. The second-order valence-electron chi connectivity index (χ2n) is 4.51. The van der Waals surface area contributed by atoms with Crippen molar-refractivity contribution in [3.8, 4) is 0 Å². The molecule has 0 spiro atoms. The number of anilines is 1. The van der Waals surface area contributed by atoms with Gasteiger partial charge in [-0.2, -0.15) is 4.98 Å². The Hall–Kier alpha value is -1.30. The predicted molar refractivity (Wildman–Crippen MR) is 76.9 cm³/mol. The van der Waals surface area contributed by atoms with Gasteiger partial charge in [0.05, 0.1) is 13.2 Å². The highest BCUT2D eigenvalue weighted by Gasteiger charge is 2.13. The van der Waals surface area contributed by atoms with Crippen molar-refractivity contribution in [2.45, 2.75) is 0 Å². The van der Waals surface area contributed by atoms with Gasteiger partial charge in [-0.25, -0.2) is 0 Å². The van der Waals surface area contributed by atoms with Gasteiger partial charge < -0.3 is 19.8 Å². The number of oxazole rings is 1. The minimum atomic E-state index is 0. The smallest absolute Gasteiger partial charge is 0.295 e. The summed E-state index contributed by atoms with van der Waals surface area (Å²) in [7, 11) is 0. The average Bonchev–Trinajstić information content (AvgIpc) is 2.63. The third-order valence-corrected chi connectivity index (χ3v) is 3.05. The third-order valence-electron chi connectivity index (χ3n) is 3.05. The molecule has 1 saturated heterocycles. The SMILES string of the molecule is Cl.c1ccc2oc(NCC3CNCCOC3)nc2c1. The zero-order chi connectivity index (χ0) is 12.2. The number of ether oxygens (including phenoxy) is 1. The number of benzene rings is 1. The van der Waals surface area contributed by atoms with Gasteiger partial charge in [0.15, 0.2) is 5.58 Å². The Morgan fingerprint density at radius 3 is 3.16 bits per heavy atom. The van der Waals surface area contributed by atoms with Crippen LogP contribution < -0.4 is 10.6 Å². The third kappa shape index (κ3) is 3.59. The molecule has 0 amide bonds. The van der Waals surface area contributed by atoms with Gasteiger partial charge in [-0.3, -0.25) is 0 Å². The maximum atomic E-state index is 5.61.